The molecule has 5 fully saturated rings. The summed E-state index contributed by atoms with van der Waals surface area (Å²) in [7, 11) is 0. The van der Waals surface area contributed by atoms with Crippen LogP contribution in [0.5, 0.6) is 0 Å². The Hall–Kier alpha value is -0.840. The average molecular weight is 495 g/mol. The molecule has 0 N–H and O–H groups in total. The Bertz CT molecular complexity index is 498. The van der Waals surface area contributed by atoms with E-state index in [4.69, 9.17) is 17.0 Å². The minimum Gasteiger partial charge on any atom is -0.466 e. The van der Waals surface area contributed by atoms with E-state index in [1.54, 1.807) is 0 Å². The normalized spacial score (nSPS) is 26.2. The third-order valence-corrected chi connectivity index (χ3v) is 7.12. The molecule has 5 aliphatic rings. The highest BCUT2D eigenvalue weighted by molar-refractivity contribution is 8.23. The molecule has 0 radical (unpaired) electrons. The van der Waals surface area contributed by atoms with Crippen molar-refractivity contribution >= 4 is 57.0 Å². The van der Waals surface area contributed by atoms with E-state index in [2.05, 4.69) is 8.92 Å². The second-order valence-electron chi connectivity index (χ2n) is 7.42. The lowest BCUT2D eigenvalue weighted by Gasteiger charge is -1.95. The summed E-state index contributed by atoms with van der Waals surface area (Å²) in [6, 6.07) is 0. The van der Waals surface area contributed by atoms with Crippen LogP contribution in [0.15, 0.2) is 0 Å². The number of thioether (sulfide) groups is 1. The molecule has 0 aromatic rings. The zero-order valence-electron chi connectivity index (χ0n) is 18.3. The lowest BCUT2D eigenvalue weighted by molar-refractivity contribution is -0.141. The molecule has 7 nitrogen and oxygen atoms in total. The van der Waals surface area contributed by atoms with Gasteiger partial charge in [0.15, 0.2) is 11.1 Å². The van der Waals surface area contributed by atoms with Gasteiger partial charge < -0.3 is 9.47 Å². The summed E-state index contributed by atoms with van der Waals surface area (Å²) in [6.07, 6.45) is 10.7. The fourth-order valence-corrected chi connectivity index (χ4v) is 4.74. The number of esters is 2. The topological polar surface area (TPSA) is 96.0 Å². The van der Waals surface area contributed by atoms with Crippen LogP contribution in [0.1, 0.15) is 77.6 Å². The van der Waals surface area contributed by atoms with E-state index in [9.17, 15) is 18.6 Å². The molecule has 2 unspecified atom stereocenters. The predicted octanol–water partition coefficient (Wildman–Crippen LogP) is 4.08. The summed E-state index contributed by atoms with van der Waals surface area (Å²) in [5.74, 6) is 2.36. The number of rotatable bonds is 0. The average Bonchev–Trinajstić information content (AvgIpc) is 3.52. The van der Waals surface area contributed by atoms with E-state index in [0.29, 0.717) is 31.8 Å². The molecule has 10 heteroatoms. The summed E-state index contributed by atoms with van der Waals surface area (Å²) in [6.45, 7) is 3.23. The van der Waals surface area contributed by atoms with Crippen LogP contribution < -0.4 is 0 Å². The molecular weight excluding hydrogens is 460 g/mol. The van der Waals surface area contributed by atoms with Gasteiger partial charge in [-0.2, -0.15) is 0 Å². The highest BCUT2D eigenvalue weighted by atomic mass is 32.2. The van der Waals surface area contributed by atoms with Gasteiger partial charge in [0.25, 0.3) is 0 Å². The van der Waals surface area contributed by atoms with Crippen LogP contribution in [-0.4, -0.2) is 57.0 Å². The minimum atomic E-state index is -0.923. The van der Waals surface area contributed by atoms with Gasteiger partial charge in [-0.1, -0.05) is 12.2 Å². The number of hydrogen-bond donors (Lipinski definition) is 0. The van der Waals surface area contributed by atoms with E-state index >= 15 is 0 Å². The first-order valence-corrected chi connectivity index (χ1v) is 13.5. The van der Waals surface area contributed by atoms with Gasteiger partial charge in [0.05, 0.1) is 25.1 Å². The molecule has 1 aliphatic carbocycles. The van der Waals surface area contributed by atoms with Crippen LogP contribution in [0.2, 0.25) is 0 Å². The molecule has 0 bridgehead atoms. The Morgan fingerprint density at radius 2 is 1.65 bits per heavy atom. The quantitative estimate of drug-likeness (QED) is 0.364. The number of Topliss-reactive ketones (excluding diaryl/α,β-unsaturated/α-hetero) is 1. The first-order chi connectivity index (χ1) is 14.9. The maximum atomic E-state index is 10.2. The fourth-order valence-electron chi connectivity index (χ4n) is 2.77. The molecule has 2 atom stereocenters. The van der Waals surface area contributed by atoms with E-state index in [0.717, 1.165) is 50.7 Å². The number of cyclic esters (lactones) is 2. The first-order valence-electron chi connectivity index (χ1n) is 10.9. The Morgan fingerprint density at radius 1 is 0.903 bits per heavy atom. The minimum absolute atomic E-state index is 0.0463. The van der Waals surface area contributed by atoms with Crippen LogP contribution in [-0.2, 0) is 39.1 Å². The van der Waals surface area contributed by atoms with Gasteiger partial charge in [0.1, 0.15) is 5.78 Å². The van der Waals surface area contributed by atoms with Crippen molar-refractivity contribution in [3.8, 4) is 0 Å². The molecule has 31 heavy (non-hydrogen) atoms. The van der Waals surface area contributed by atoms with Crippen LogP contribution >= 0.6 is 24.0 Å². The van der Waals surface area contributed by atoms with Crippen molar-refractivity contribution in [2.45, 2.75) is 83.7 Å². The van der Waals surface area contributed by atoms with Crippen molar-refractivity contribution in [2.24, 2.45) is 0 Å². The second kappa shape index (κ2) is 17.7. The summed E-state index contributed by atoms with van der Waals surface area (Å²) >= 11 is 5.79. The molecule has 1 saturated carbocycles. The van der Waals surface area contributed by atoms with E-state index in [-0.39, 0.29) is 18.0 Å². The Balaban J connectivity index is 0.000000194. The van der Waals surface area contributed by atoms with Gasteiger partial charge in [0.2, 0.25) is 0 Å². The van der Waals surface area contributed by atoms with Crippen molar-refractivity contribution in [2.75, 3.05) is 24.7 Å². The SMILES string of the molecule is CC1CCC(=O)O1.O=C1CCCC1.O=C1CCCO1.O=S1CCCO1.S=C1CCCS1. The van der Waals surface area contributed by atoms with E-state index in [1.807, 2.05) is 18.7 Å². The highest BCUT2D eigenvalue weighted by Crippen LogP contribution is 2.19. The number of carbonyl (C=O) groups excluding carboxylic acids is 3. The van der Waals surface area contributed by atoms with E-state index < -0.39 is 11.1 Å². The third kappa shape index (κ3) is 16.5. The number of ether oxygens (including phenoxy) is 2. The van der Waals surface area contributed by atoms with Crippen LogP contribution in [0.3, 0.4) is 0 Å². The lowest BCUT2D eigenvalue weighted by atomic mass is 10.3. The number of thiocarbonyl (C=S) groups is 1. The first kappa shape index (κ1) is 28.2. The Morgan fingerprint density at radius 3 is 1.81 bits per heavy atom. The van der Waals surface area contributed by atoms with E-state index in [1.165, 1.54) is 22.8 Å². The van der Waals surface area contributed by atoms with Crippen LogP contribution in [0.4, 0.5) is 0 Å². The van der Waals surface area contributed by atoms with Crippen molar-refractivity contribution < 1.29 is 32.2 Å². The Kier molecular flexibility index (Phi) is 16.1. The summed E-state index contributed by atoms with van der Waals surface area (Å²) < 4.78 is 25.2. The molecule has 4 heterocycles. The van der Waals surface area contributed by atoms with Crippen LogP contribution in [0.25, 0.3) is 0 Å². The van der Waals surface area contributed by atoms with Crippen LogP contribution in [0, 0.1) is 0 Å². The van der Waals surface area contributed by atoms with Crippen molar-refractivity contribution in [1.82, 2.24) is 0 Å². The second-order valence-corrected chi connectivity index (χ2v) is 10.6. The lowest BCUT2D eigenvalue weighted by Crippen LogP contribution is -1.98. The molecule has 0 spiro atoms. The van der Waals surface area contributed by atoms with Crippen molar-refractivity contribution in [3.63, 3.8) is 0 Å². The molecule has 0 aromatic carbocycles. The molecule has 5 rings (SSSR count). The smallest absolute Gasteiger partial charge is 0.306 e. The number of carbonyl (C=O) groups is 3. The maximum absolute atomic E-state index is 10.2. The zero-order valence-corrected chi connectivity index (χ0v) is 20.7. The molecule has 0 aromatic heterocycles. The molecular formula is C21H34O7S3. The fraction of sp³-hybridized carbons (Fsp3) is 0.810. The third-order valence-electron chi connectivity index (χ3n) is 4.50. The van der Waals surface area contributed by atoms with Crippen molar-refractivity contribution in [1.29, 1.82) is 0 Å². The summed E-state index contributed by atoms with van der Waals surface area (Å²) in [5, 5.41) is 0. The number of hydrogen-bond acceptors (Lipinski definition) is 9. The van der Waals surface area contributed by atoms with Gasteiger partial charge in [-0.05, 0) is 57.6 Å². The zero-order chi connectivity index (χ0) is 22.9. The maximum Gasteiger partial charge on any atom is 0.306 e. The summed E-state index contributed by atoms with van der Waals surface area (Å²) in [4.78, 5) is 30.5. The largest absolute Gasteiger partial charge is 0.466 e. The molecule has 4 saturated heterocycles. The van der Waals surface area contributed by atoms with Gasteiger partial charge in [-0.25, -0.2) is 4.21 Å². The summed E-state index contributed by atoms with van der Waals surface area (Å²) in [5.41, 5.74) is 0. The van der Waals surface area contributed by atoms with Gasteiger partial charge in [0, 0.05) is 29.9 Å². The molecule has 0 amide bonds. The van der Waals surface area contributed by atoms with Gasteiger partial charge in [-0.15, -0.1) is 11.8 Å². The monoisotopic (exact) mass is 494 g/mol. The predicted molar refractivity (Wildman–Crippen MR) is 126 cm³/mol. The highest BCUT2D eigenvalue weighted by Gasteiger charge is 2.17. The van der Waals surface area contributed by atoms with Crippen molar-refractivity contribution in [3.05, 3.63) is 0 Å². The van der Waals surface area contributed by atoms with Gasteiger partial charge in [-0.3, -0.25) is 18.6 Å². The molecule has 4 aliphatic heterocycles. The Labute approximate surface area is 197 Å². The number of ketones is 1. The molecule has 178 valence electrons. The standard InChI is InChI=1S/C5H8O2.C5H8O.C4H6O2.C4H6S2.C3H6O2S/c1-4-2-3-5(6)7-4;6-5-3-1-2-4-5;2*5-4-2-1-3-6-4;4-6-3-1-2-5-6/h4H,2-3H2,1H3;1-4H2;3*1-3H2. The van der Waals surface area contributed by atoms with Gasteiger partial charge >= 0.3 is 11.9 Å².